The summed E-state index contributed by atoms with van der Waals surface area (Å²) < 4.78 is 1.25. The summed E-state index contributed by atoms with van der Waals surface area (Å²) in [6, 6.07) is 7.85. The molecule has 2 aromatic rings. The fraction of sp³-hybridized carbons (Fsp3) is 0.350. The Hall–Kier alpha value is -2.87. The standard InChI is InChI=1S/C20H23N3O2/c1-12(2)11-23-19(24)16(9-21)15(5)17(20(23)25)10-22-18-7-6-13(3)8-14(18)4/h6-8,10,12,25H,11H2,1-5H3. The van der Waals surface area contributed by atoms with Crippen molar-refractivity contribution >= 4 is 11.9 Å². The summed E-state index contributed by atoms with van der Waals surface area (Å²) in [6.45, 7) is 9.86. The number of benzene rings is 1. The number of hydrogen-bond donors (Lipinski definition) is 1. The molecule has 0 spiro atoms. The molecule has 5 heteroatoms. The van der Waals surface area contributed by atoms with Crippen LogP contribution in [0.25, 0.3) is 0 Å². The monoisotopic (exact) mass is 337 g/mol. The van der Waals surface area contributed by atoms with Gasteiger partial charge in [0.05, 0.1) is 11.3 Å². The van der Waals surface area contributed by atoms with Gasteiger partial charge in [-0.1, -0.05) is 31.5 Å². The Balaban J connectivity index is 2.62. The smallest absolute Gasteiger partial charge is 0.271 e. The molecule has 0 saturated heterocycles. The molecule has 0 bridgehead atoms. The van der Waals surface area contributed by atoms with Gasteiger partial charge in [-0.15, -0.1) is 0 Å². The first kappa shape index (κ1) is 18.5. The lowest BCUT2D eigenvalue weighted by molar-refractivity contribution is 0.381. The van der Waals surface area contributed by atoms with E-state index < -0.39 is 5.56 Å². The van der Waals surface area contributed by atoms with Gasteiger partial charge in [0.2, 0.25) is 5.88 Å². The lowest BCUT2D eigenvalue weighted by Crippen LogP contribution is -2.27. The Morgan fingerprint density at radius 2 is 2.00 bits per heavy atom. The van der Waals surface area contributed by atoms with Gasteiger partial charge >= 0.3 is 0 Å². The highest BCUT2D eigenvalue weighted by molar-refractivity contribution is 5.87. The highest BCUT2D eigenvalue weighted by atomic mass is 16.3. The normalized spacial score (nSPS) is 11.2. The van der Waals surface area contributed by atoms with E-state index in [9.17, 15) is 15.2 Å². The van der Waals surface area contributed by atoms with Gasteiger partial charge in [0.15, 0.2) is 0 Å². The van der Waals surface area contributed by atoms with Gasteiger partial charge in [-0.25, -0.2) is 0 Å². The highest BCUT2D eigenvalue weighted by Crippen LogP contribution is 2.24. The van der Waals surface area contributed by atoms with Crippen LogP contribution in [0.15, 0.2) is 28.0 Å². The second kappa shape index (κ2) is 7.35. The third kappa shape index (κ3) is 3.80. The van der Waals surface area contributed by atoms with Crippen molar-refractivity contribution in [3.63, 3.8) is 0 Å². The number of aryl methyl sites for hydroxylation is 2. The van der Waals surface area contributed by atoms with Crippen molar-refractivity contribution in [2.24, 2.45) is 10.9 Å². The molecule has 0 aliphatic carbocycles. The Bertz CT molecular complexity index is 931. The van der Waals surface area contributed by atoms with Crippen molar-refractivity contribution in [1.29, 1.82) is 5.26 Å². The largest absolute Gasteiger partial charge is 0.494 e. The van der Waals surface area contributed by atoms with Crippen LogP contribution in [0.5, 0.6) is 5.88 Å². The first-order chi connectivity index (χ1) is 11.8. The minimum absolute atomic E-state index is 0.0422. The molecule has 0 fully saturated rings. The first-order valence-electron chi connectivity index (χ1n) is 8.24. The van der Waals surface area contributed by atoms with E-state index >= 15 is 0 Å². The molecular formula is C20H23N3O2. The molecule has 2 rings (SSSR count). The number of pyridine rings is 1. The molecule has 130 valence electrons. The van der Waals surface area contributed by atoms with Gasteiger partial charge in [-0.05, 0) is 43.9 Å². The molecule has 1 aromatic heterocycles. The van der Waals surface area contributed by atoms with E-state index in [2.05, 4.69) is 4.99 Å². The summed E-state index contributed by atoms with van der Waals surface area (Å²) in [5, 5.41) is 19.9. The molecule has 1 N–H and O–H groups in total. The number of aromatic nitrogens is 1. The summed E-state index contributed by atoms with van der Waals surface area (Å²) >= 11 is 0. The highest BCUT2D eigenvalue weighted by Gasteiger charge is 2.18. The Morgan fingerprint density at radius 3 is 2.56 bits per heavy atom. The maximum Gasteiger partial charge on any atom is 0.271 e. The summed E-state index contributed by atoms with van der Waals surface area (Å²) in [5.74, 6) is 0.00527. The minimum atomic E-state index is -0.463. The molecule has 1 heterocycles. The first-order valence-corrected chi connectivity index (χ1v) is 8.24. The van der Waals surface area contributed by atoms with Gasteiger partial charge < -0.3 is 5.11 Å². The molecular weight excluding hydrogens is 314 g/mol. The van der Waals surface area contributed by atoms with Crippen molar-refractivity contribution in [1.82, 2.24) is 4.57 Å². The summed E-state index contributed by atoms with van der Waals surface area (Å²) in [6.07, 6.45) is 1.53. The van der Waals surface area contributed by atoms with Crippen LogP contribution < -0.4 is 5.56 Å². The lowest BCUT2D eigenvalue weighted by atomic mass is 10.1. The molecule has 0 aliphatic rings. The van der Waals surface area contributed by atoms with Crippen molar-refractivity contribution < 1.29 is 5.11 Å². The topological polar surface area (TPSA) is 78.4 Å². The summed E-state index contributed by atoms with van der Waals surface area (Å²) in [7, 11) is 0. The van der Waals surface area contributed by atoms with Crippen LogP contribution in [0.2, 0.25) is 0 Å². The molecule has 0 amide bonds. The summed E-state index contributed by atoms with van der Waals surface area (Å²) in [5.41, 5.74) is 3.37. The molecule has 0 atom stereocenters. The third-order valence-corrected chi connectivity index (χ3v) is 4.08. The number of nitrogens with zero attached hydrogens (tertiary/aromatic N) is 3. The maximum atomic E-state index is 12.4. The number of rotatable bonds is 4. The van der Waals surface area contributed by atoms with E-state index in [-0.39, 0.29) is 17.4 Å². The van der Waals surface area contributed by atoms with Gasteiger partial charge in [0.1, 0.15) is 11.6 Å². The number of nitriles is 1. The number of aliphatic imine (C=N–C) groups is 1. The van der Waals surface area contributed by atoms with Gasteiger partial charge in [-0.2, -0.15) is 5.26 Å². The predicted octanol–water partition coefficient (Wildman–Crippen LogP) is 3.76. The van der Waals surface area contributed by atoms with E-state index in [4.69, 9.17) is 0 Å². The molecule has 0 radical (unpaired) electrons. The van der Waals surface area contributed by atoms with E-state index in [0.717, 1.165) is 16.8 Å². The quantitative estimate of drug-likeness (QED) is 0.863. The molecule has 5 nitrogen and oxygen atoms in total. The van der Waals surface area contributed by atoms with Crippen LogP contribution in [0.4, 0.5) is 5.69 Å². The maximum absolute atomic E-state index is 12.4. The Labute approximate surface area is 147 Å². The van der Waals surface area contributed by atoms with E-state index in [1.165, 1.54) is 10.8 Å². The third-order valence-electron chi connectivity index (χ3n) is 4.08. The van der Waals surface area contributed by atoms with Crippen LogP contribution in [0, 0.1) is 38.0 Å². The molecule has 0 aliphatic heterocycles. The van der Waals surface area contributed by atoms with E-state index in [1.54, 1.807) is 6.92 Å². The number of aromatic hydroxyl groups is 1. The van der Waals surface area contributed by atoms with Crippen LogP contribution >= 0.6 is 0 Å². The second-order valence-electron chi connectivity index (χ2n) is 6.71. The average Bonchev–Trinajstić information content (AvgIpc) is 2.53. The minimum Gasteiger partial charge on any atom is -0.494 e. The SMILES string of the molecule is Cc1ccc(N=Cc2c(C)c(C#N)c(=O)n(CC(C)C)c2O)c(C)c1. The van der Waals surface area contributed by atoms with Gasteiger partial charge in [0.25, 0.3) is 5.56 Å². The van der Waals surface area contributed by atoms with E-state index in [0.29, 0.717) is 17.7 Å². The fourth-order valence-electron chi connectivity index (χ4n) is 2.74. The van der Waals surface area contributed by atoms with Crippen LogP contribution in [-0.2, 0) is 6.54 Å². The van der Waals surface area contributed by atoms with Crippen molar-refractivity contribution in [3.05, 3.63) is 56.4 Å². The molecule has 0 saturated carbocycles. The fourth-order valence-corrected chi connectivity index (χ4v) is 2.74. The Kier molecular flexibility index (Phi) is 5.43. The van der Waals surface area contributed by atoms with Crippen LogP contribution in [0.3, 0.4) is 0 Å². The van der Waals surface area contributed by atoms with Crippen molar-refractivity contribution in [2.75, 3.05) is 0 Å². The van der Waals surface area contributed by atoms with Crippen molar-refractivity contribution in [3.8, 4) is 11.9 Å². The number of hydrogen-bond acceptors (Lipinski definition) is 4. The zero-order valence-electron chi connectivity index (χ0n) is 15.3. The van der Waals surface area contributed by atoms with Crippen LogP contribution in [0.1, 0.15) is 41.7 Å². The second-order valence-corrected chi connectivity index (χ2v) is 6.71. The van der Waals surface area contributed by atoms with Crippen molar-refractivity contribution in [2.45, 2.75) is 41.2 Å². The average molecular weight is 337 g/mol. The zero-order valence-corrected chi connectivity index (χ0v) is 15.3. The zero-order chi connectivity index (χ0) is 18.7. The molecule has 0 unspecified atom stereocenters. The molecule has 25 heavy (non-hydrogen) atoms. The molecule has 1 aromatic carbocycles. The van der Waals surface area contributed by atoms with E-state index in [1.807, 2.05) is 52.0 Å². The summed E-state index contributed by atoms with van der Waals surface area (Å²) in [4.78, 5) is 16.9. The van der Waals surface area contributed by atoms with Gasteiger partial charge in [-0.3, -0.25) is 14.4 Å². The predicted molar refractivity (Wildman–Crippen MR) is 99.8 cm³/mol. The van der Waals surface area contributed by atoms with Crippen LogP contribution in [-0.4, -0.2) is 15.9 Å². The lowest BCUT2D eigenvalue weighted by Gasteiger charge is -2.15. The Morgan fingerprint density at radius 1 is 1.32 bits per heavy atom. The van der Waals surface area contributed by atoms with Gasteiger partial charge in [0, 0.05) is 12.8 Å².